The zero-order chi connectivity index (χ0) is 14.7. The molecular formula is C16H18F2N2. The van der Waals surface area contributed by atoms with Crippen molar-refractivity contribution in [2.45, 2.75) is 25.8 Å². The Morgan fingerprint density at radius 3 is 2.05 bits per heavy atom. The van der Waals surface area contributed by atoms with Crippen LogP contribution in [-0.2, 0) is 0 Å². The molecule has 0 fully saturated rings. The number of hydrogen-bond acceptors (Lipinski definition) is 2. The highest BCUT2D eigenvalue weighted by Gasteiger charge is 2.17. The van der Waals surface area contributed by atoms with Gasteiger partial charge in [0, 0.05) is 11.6 Å². The molecule has 0 spiro atoms. The van der Waals surface area contributed by atoms with Crippen molar-refractivity contribution >= 4 is 0 Å². The normalized spacial score (nSPS) is 12.7. The van der Waals surface area contributed by atoms with Crippen molar-refractivity contribution in [3.8, 4) is 0 Å². The highest BCUT2D eigenvalue weighted by Crippen LogP contribution is 2.25. The summed E-state index contributed by atoms with van der Waals surface area (Å²) in [5.74, 6) is 4.75. The summed E-state index contributed by atoms with van der Waals surface area (Å²) in [7, 11) is 0. The molecule has 3 N–H and O–H groups in total. The van der Waals surface area contributed by atoms with Gasteiger partial charge in [-0.2, -0.15) is 0 Å². The first kappa shape index (κ1) is 14.6. The van der Waals surface area contributed by atoms with Crippen LogP contribution in [0.4, 0.5) is 8.78 Å². The van der Waals surface area contributed by atoms with Crippen molar-refractivity contribution in [3.05, 3.63) is 70.8 Å². The molecule has 0 aliphatic rings. The zero-order valence-corrected chi connectivity index (χ0v) is 11.5. The Kier molecular flexibility index (Phi) is 4.47. The van der Waals surface area contributed by atoms with E-state index in [0.717, 1.165) is 11.6 Å². The van der Waals surface area contributed by atoms with Crippen LogP contribution in [-0.4, -0.2) is 0 Å². The summed E-state index contributed by atoms with van der Waals surface area (Å²) < 4.78 is 26.8. The minimum absolute atomic E-state index is 0.325. The summed E-state index contributed by atoms with van der Waals surface area (Å²) in [6.45, 7) is 4.21. The molecule has 0 bridgehead atoms. The predicted molar refractivity (Wildman–Crippen MR) is 76.1 cm³/mol. The maximum atomic E-state index is 13.8. The maximum absolute atomic E-state index is 13.8. The highest BCUT2D eigenvalue weighted by atomic mass is 19.1. The Morgan fingerprint density at radius 2 is 1.55 bits per heavy atom. The molecule has 1 atom stereocenters. The summed E-state index contributed by atoms with van der Waals surface area (Å²) >= 11 is 0. The Bertz CT molecular complexity index is 580. The average molecular weight is 276 g/mol. The summed E-state index contributed by atoms with van der Waals surface area (Å²) in [6, 6.07) is 10.8. The third-order valence-electron chi connectivity index (χ3n) is 3.38. The molecule has 2 rings (SSSR count). The van der Waals surface area contributed by atoms with Crippen molar-refractivity contribution in [1.29, 1.82) is 0 Å². The van der Waals surface area contributed by atoms with Gasteiger partial charge in [-0.05, 0) is 23.1 Å². The molecule has 0 saturated heterocycles. The van der Waals surface area contributed by atoms with Crippen molar-refractivity contribution in [2.24, 2.45) is 5.84 Å². The maximum Gasteiger partial charge on any atom is 0.131 e. The third kappa shape index (κ3) is 3.03. The summed E-state index contributed by atoms with van der Waals surface area (Å²) in [5, 5.41) is 0. The van der Waals surface area contributed by atoms with Crippen LogP contribution in [0, 0.1) is 11.6 Å². The van der Waals surface area contributed by atoms with E-state index in [4.69, 9.17) is 5.84 Å². The van der Waals surface area contributed by atoms with Gasteiger partial charge in [-0.1, -0.05) is 44.2 Å². The van der Waals surface area contributed by atoms with Gasteiger partial charge >= 0.3 is 0 Å². The van der Waals surface area contributed by atoms with Crippen LogP contribution in [0.5, 0.6) is 0 Å². The van der Waals surface area contributed by atoms with E-state index in [-0.39, 0.29) is 0 Å². The van der Waals surface area contributed by atoms with Crippen LogP contribution in [0.2, 0.25) is 0 Å². The minimum atomic E-state index is -0.610. The molecular weight excluding hydrogens is 258 g/mol. The monoisotopic (exact) mass is 276 g/mol. The first-order valence-corrected chi connectivity index (χ1v) is 6.54. The first-order chi connectivity index (χ1) is 9.52. The Morgan fingerprint density at radius 1 is 0.950 bits per heavy atom. The van der Waals surface area contributed by atoms with Gasteiger partial charge in [-0.25, -0.2) is 14.2 Å². The number of rotatable bonds is 4. The van der Waals surface area contributed by atoms with E-state index in [1.807, 2.05) is 24.3 Å². The number of halogens is 2. The second kappa shape index (κ2) is 6.11. The van der Waals surface area contributed by atoms with Crippen LogP contribution in [0.15, 0.2) is 42.5 Å². The topological polar surface area (TPSA) is 38.0 Å². The first-order valence-electron chi connectivity index (χ1n) is 6.54. The Hall–Kier alpha value is -1.78. The van der Waals surface area contributed by atoms with Crippen LogP contribution in [0.25, 0.3) is 0 Å². The number of nitrogens with two attached hydrogens (primary N) is 1. The molecule has 0 aromatic heterocycles. The van der Waals surface area contributed by atoms with E-state index in [2.05, 4.69) is 19.3 Å². The largest absolute Gasteiger partial charge is 0.271 e. The second-order valence-electron chi connectivity index (χ2n) is 5.09. The zero-order valence-electron chi connectivity index (χ0n) is 11.5. The highest BCUT2D eigenvalue weighted by molar-refractivity contribution is 5.35. The lowest BCUT2D eigenvalue weighted by atomic mass is 9.95. The number of hydrazine groups is 1. The smallest absolute Gasteiger partial charge is 0.131 e. The molecule has 20 heavy (non-hydrogen) atoms. The van der Waals surface area contributed by atoms with Gasteiger partial charge in [-0.15, -0.1) is 0 Å². The summed E-state index contributed by atoms with van der Waals surface area (Å²) in [5.41, 5.74) is 4.94. The van der Waals surface area contributed by atoms with Gasteiger partial charge in [0.05, 0.1) is 6.04 Å². The van der Waals surface area contributed by atoms with Crippen LogP contribution in [0.1, 0.15) is 42.5 Å². The van der Waals surface area contributed by atoms with Crippen molar-refractivity contribution < 1.29 is 8.78 Å². The van der Waals surface area contributed by atoms with E-state index < -0.39 is 17.7 Å². The standard InChI is InChI=1S/C16H18F2N2/c1-10(2)11-3-5-12(6-4-11)16(20-19)14-8-7-13(17)9-15(14)18/h3-10,16,20H,19H2,1-2H3. The Labute approximate surface area is 117 Å². The van der Waals surface area contributed by atoms with Crippen molar-refractivity contribution in [3.63, 3.8) is 0 Å². The SMILES string of the molecule is CC(C)c1ccc(C(NN)c2ccc(F)cc2F)cc1. The van der Waals surface area contributed by atoms with Gasteiger partial charge < -0.3 is 0 Å². The predicted octanol–water partition coefficient (Wildman–Crippen LogP) is 3.64. The molecule has 0 aliphatic heterocycles. The minimum Gasteiger partial charge on any atom is -0.271 e. The van der Waals surface area contributed by atoms with Crippen molar-refractivity contribution in [2.75, 3.05) is 0 Å². The van der Waals surface area contributed by atoms with E-state index in [1.165, 1.54) is 17.7 Å². The molecule has 106 valence electrons. The fraction of sp³-hybridized carbons (Fsp3) is 0.250. The van der Waals surface area contributed by atoms with Gasteiger partial charge in [-0.3, -0.25) is 5.84 Å². The fourth-order valence-electron chi connectivity index (χ4n) is 2.17. The van der Waals surface area contributed by atoms with Gasteiger partial charge in [0.2, 0.25) is 0 Å². The number of hydrogen-bond donors (Lipinski definition) is 2. The molecule has 2 nitrogen and oxygen atoms in total. The molecule has 0 aliphatic carbocycles. The number of benzene rings is 2. The number of nitrogens with one attached hydrogen (secondary N) is 1. The van der Waals surface area contributed by atoms with Crippen LogP contribution >= 0.6 is 0 Å². The second-order valence-corrected chi connectivity index (χ2v) is 5.09. The van der Waals surface area contributed by atoms with Crippen LogP contribution in [0.3, 0.4) is 0 Å². The lowest BCUT2D eigenvalue weighted by Gasteiger charge is -2.18. The van der Waals surface area contributed by atoms with Crippen LogP contribution < -0.4 is 11.3 Å². The quantitative estimate of drug-likeness (QED) is 0.661. The lowest BCUT2D eigenvalue weighted by Crippen LogP contribution is -2.29. The summed E-state index contributed by atoms with van der Waals surface area (Å²) in [4.78, 5) is 0. The average Bonchev–Trinajstić information content (AvgIpc) is 2.42. The van der Waals surface area contributed by atoms with Crippen molar-refractivity contribution in [1.82, 2.24) is 5.43 Å². The summed E-state index contributed by atoms with van der Waals surface area (Å²) in [6.07, 6.45) is 0. The molecule has 0 radical (unpaired) electrons. The van der Waals surface area contributed by atoms with E-state index in [0.29, 0.717) is 11.5 Å². The molecule has 0 heterocycles. The molecule has 0 amide bonds. The van der Waals surface area contributed by atoms with Gasteiger partial charge in [0.15, 0.2) is 0 Å². The molecule has 4 heteroatoms. The van der Waals surface area contributed by atoms with Gasteiger partial charge in [0.1, 0.15) is 11.6 Å². The van der Waals surface area contributed by atoms with Gasteiger partial charge in [0.25, 0.3) is 0 Å². The van der Waals surface area contributed by atoms with E-state index >= 15 is 0 Å². The molecule has 2 aromatic carbocycles. The van der Waals surface area contributed by atoms with E-state index in [1.54, 1.807) is 0 Å². The Balaban J connectivity index is 2.36. The lowest BCUT2D eigenvalue weighted by molar-refractivity contribution is 0.541. The molecule has 0 saturated carbocycles. The third-order valence-corrected chi connectivity index (χ3v) is 3.38. The molecule has 2 aromatic rings. The fourth-order valence-corrected chi connectivity index (χ4v) is 2.17. The van der Waals surface area contributed by atoms with E-state index in [9.17, 15) is 8.78 Å². The molecule has 1 unspecified atom stereocenters.